The van der Waals surface area contributed by atoms with Gasteiger partial charge in [0.1, 0.15) is 0 Å². The standard InChI is InChI=1S/C16H35O4P.Na.H2O.H/c1-5-9-11-15(7-3)13-19-21(17,18)20-14-16(8-4)12-10-6-2;;;/h15-16H,5-14H2,1-4H3,(H,17,18);;1H2;/q;+1;;-1. The van der Waals surface area contributed by atoms with E-state index in [1.165, 1.54) is 0 Å². The molecular formula is C16H38NaO5P. The second-order valence-corrected chi connectivity index (χ2v) is 7.35. The number of hydrogen-bond acceptors (Lipinski definition) is 3. The third-order valence-electron chi connectivity index (χ3n) is 4.03. The van der Waals surface area contributed by atoms with E-state index in [0.29, 0.717) is 25.0 Å². The molecule has 0 aliphatic rings. The number of hydrogen-bond donors (Lipinski definition) is 1. The van der Waals surface area contributed by atoms with Crippen LogP contribution in [0.4, 0.5) is 0 Å². The number of unbranched alkanes of at least 4 members (excludes halogenated alkanes) is 2. The van der Waals surface area contributed by atoms with Gasteiger partial charge in [0.15, 0.2) is 0 Å². The van der Waals surface area contributed by atoms with Crippen LogP contribution >= 0.6 is 7.82 Å². The van der Waals surface area contributed by atoms with Crippen molar-refractivity contribution in [1.29, 1.82) is 0 Å². The molecule has 0 aromatic rings. The molecule has 0 spiro atoms. The van der Waals surface area contributed by atoms with Crippen LogP contribution in [-0.2, 0) is 13.6 Å². The average Bonchev–Trinajstić information content (AvgIpc) is 2.47. The van der Waals surface area contributed by atoms with E-state index in [9.17, 15) is 9.46 Å². The molecule has 0 saturated carbocycles. The van der Waals surface area contributed by atoms with Crippen molar-refractivity contribution in [2.45, 2.75) is 79.1 Å². The monoisotopic (exact) mass is 364 g/mol. The van der Waals surface area contributed by atoms with E-state index in [4.69, 9.17) is 9.05 Å². The van der Waals surface area contributed by atoms with E-state index in [1.807, 2.05) is 0 Å². The van der Waals surface area contributed by atoms with Crippen LogP contribution in [0.5, 0.6) is 0 Å². The predicted octanol–water partition coefficient (Wildman–Crippen LogP) is 1.84. The summed E-state index contributed by atoms with van der Waals surface area (Å²) in [6.07, 6.45) is 8.56. The quantitative estimate of drug-likeness (QED) is 0.376. The molecule has 138 valence electrons. The van der Waals surface area contributed by atoms with E-state index in [2.05, 4.69) is 27.7 Å². The van der Waals surface area contributed by atoms with Crippen LogP contribution < -0.4 is 29.6 Å². The van der Waals surface area contributed by atoms with Crippen LogP contribution in [0, 0.1) is 11.8 Å². The molecule has 0 aromatic carbocycles. The van der Waals surface area contributed by atoms with Crippen LogP contribution in [-0.4, -0.2) is 23.6 Å². The van der Waals surface area contributed by atoms with Gasteiger partial charge in [-0.1, -0.05) is 66.2 Å². The summed E-state index contributed by atoms with van der Waals surface area (Å²) in [5, 5.41) is 0. The van der Waals surface area contributed by atoms with Gasteiger partial charge in [-0.3, -0.25) is 9.05 Å². The normalized spacial score (nSPS) is 15.9. The Morgan fingerprint density at radius 1 is 0.913 bits per heavy atom. The van der Waals surface area contributed by atoms with Crippen molar-refractivity contribution in [3.05, 3.63) is 0 Å². The summed E-state index contributed by atoms with van der Waals surface area (Å²) < 4.78 is 22.2. The van der Waals surface area contributed by atoms with Gasteiger partial charge in [0, 0.05) is 0 Å². The summed E-state index contributed by atoms with van der Waals surface area (Å²) in [6.45, 7) is 9.10. The molecule has 0 heterocycles. The van der Waals surface area contributed by atoms with Gasteiger partial charge in [0.2, 0.25) is 0 Å². The van der Waals surface area contributed by atoms with E-state index < -0.39 is 7.82 Å². The summed E-state index contributed by atoms with van der Waals surface area (Å²) in [5.41, 5.74) is 0. The van der Waals surface area contributed by atoms with E-state index >= 15 is 0 Å². The summed E-state index contributed by atoms with van der Waals surface area (Å²) in [5.74, 6) is 0.687. The SMILES string of the molecule is CCCCC(CC)COP(=O)(O)OCC(CC)CCCC.O.[H-].[Na+]. The molecule has 5 nitrogen and oxygen atoms in total. The van der Waals surface area contributed by atoms with Gasteiger partial charge >= 0.3 is 37.4 Å². The molecule has 0 aromatic heterocycles. The topological polar surface area (TPSA) is 87.3 Å². The zero-order chi connectivity index (χ0) is 16.1. The van der Waals surface area contributed by atoms with Crippen LogP contribution in [0.15, 0.2) is 0 Å². The summed E-state index contributed by atoms with van der Waals surface area (Å²) in [7, 11) is -3.89. The van der Waals surface area contributed by atoms with E-state index in [1.54, 1.807) is 0 Å². The molecule has 0 aliphatic heterocycles. The fourth-order valence-electron chi connectivity index (χ4n) is 2.23. The second kappa shape index (κ2) is 17.9. The maximum atomic E-state index is 11.9. The van der Waals surface area contributed by atoms with Crippen molar-refractivity contribution in [3.63, 3.8) is 0 Å². The molecule has 2 unspecified atom stereocenters. The Morgan fingerprint density at radius 2 is 1.26 bits per heavy atom. The smallest absolute Gasteiger partial charge is 1.00 e. The Balaban J connectivity index is -0.000000667. The van der Waals surface area contributed by atoms with Crippen LogP contribution in [0.1, 0.15) is 80.5 Å². The number of phosphoric acid groups is 1. The minimum Gasteiger partial charge on any atom is -1.00 e. The van der Waals surface area contributed by atoms with Gasteiger partial charge in [-0.2, -0.15) is 0 Å². The van der Waals surface area contributed by atoms with Crippen molar-refractivity contribution >= 4 is 7.82 Å². The maximum absolute atomic E-state index is 11.9. The van der Waals surface area contributed by atoms with Gasteiger partial charge in [-0.15, -0.1) is 0 Å². The summed E-state index contributed by atoms with van der Waals surface area (Å²) in [6, 6.07) is 0. The molecular weight excluding hydrogens is 326 g/mol. The van der Waals surface area contributed by atoms with E-state index in [0.717, 1.165) is 51.4 Å². The fourth-order valence-corrected chi connectivity index (χ4v) is 3.11. The van der Waals surface area contributed by atoms with Gasteiger partial charge in [0.05, 0.1) is 13.2 Å². The Morgan fingerprint density at radius 3 is 1.52 bits per heavy atom. The first-order valence-corrected chi connectivity index (χ1v) is 10.1. The second-order valence-electron chi connectivity index (χ2n) is 5.89. The Kier molecular flexibility index (Phi) is 22.4. The van der Waals surface area contributed by atoms with Crippen molar-refractivity contribution < 1.29 is 55.0 Å². The van der Waals surface area contributed by atoms with Gasteiger partial charge in [-0.25, -0.2) is 4.57 Å². The van der Waals surface area contributed by atoms with Crippen LogP contribution in [0.25, 0.3) is 0 Å². The Hall–Kier alpha value is 1.07. The van der Waals surface area contributed by atoms with Crippen LogP contribution in [0.2, 0.25) is 0 Å². The van der Waals surface area contributed by atoms with Crippen LogP contribution in [0.3, 0.4) is 0 Å². The number of phosphoric ester groups is 1. The van der Waals surface area contributed by atoms with Crippen molar-refractivity contribution in [2.75, 3.05) is 13.2 Å². The van der Waals surface area contributed by atoms with Crippen molar-refractivity contribution in [3.8, 4) is 0 Å². The van der Waals surface area contributed by atoms with Crippen molar-refractivity contribution in [2.24, 2.45) is 11.8 Å². The Bertz CT molecular complexity index is 274. The number of rotatable bonds is 14. The molecule has 7 heteroatoms. The summed E-state index contributed by atoms with van der Waals surface area (Å²) in [4.78, 5) is 9.77. The molecule has 0 bridgehead atoms. The van der Waals surface area contributed by atoms with E-state index in [-0.39, 0.29) is 36.5 Å². The summed E-state index contributed by atoms with van der Waals surface area (Å²) >= 11 is 0. The minimum absolute atomic E-state index is 0. The molecule has 23 heavy (non-hydrogen) atoms. The third kappa shape index (κ3) is 16.3. The molecule has 0 amide bonds. The zero-order valence-corrected chi connectivity index (χ0v) is 18.7. The zero-order valence-electron chi connectivity index (χ0n) is 16.8. The maximum Gasteiger partial charge on any atom is 1.00 e. The third-order valence-corrected chi connectivity index (χ3v) is 4.98. The molecule has 3 N–H and O–H groups in total. The molecule has 0 rings (SSSR count). The van der Waals surface area contributed by atoms with Gasteiger partial charge in [0.25, 0.3) is 0 Å². The average molecular weight is 364 g/mol. The molecule has 0 saturated heterocycles. The molecule has 0 radical (unpaired) electrons. The predicted molar refractivity (Wildman–Crippen MR) is 93.1 cm³/mol. The van der Waals surface area contributed by atoms with Gasteiger partial charge in [-0.05, 0) is 24.7 Å². The Labute approximate surface area is 166 Å². The molecule has 2 atom stereocenters. The van der Waals surface area contributed by atoms with Gasteiger partial charge < -0.3 is 11.8 Å². The molecule has 0 aliphatic carbocycles. The largest absolute Gasteiger partial charge is 1.00 e. The first-order chi connectivity index (χ1) is 9.99. The van der Waals surface area contributed by atoms with Crippen molar-refractivity contribution in [1.82, 2.24) is 0 Å². The first-order valence-electron chi connectivity index (χ1n) is 8.60. The minimum atomic E-state index is -3.89. The first kappa shape index (κ1) is 28.9. The fraction of sp³-hybridized carbons (Fsp3) is 1.00. The molecule has 0 fully saturated rings.